The van der Waals surface area contributed by atoms with E-state index in [2.05, 4.69) is 5.32 Å². The second kappa shape index (κ2) is 6.45. The topological polar surface area (TPSA) is 50.2 Å². The second-order valence-corrected chi connectivity index (χ2v) is 6.01. The number of hydrogen-bond acceptors (Lipinski definition) is 3. The maximum Gasteiger partial charge on any atom is 0.242 e. The molecule has 0 bridgehead atoms. The summed E-state index contributed by atoms with van der Waals surface area (Å²) in [5, 5.41) is 3.28. The molecule has 1 N–H and O–H groups in total. The van der Waals surface area contributed by atoms with Crippen LogP contribution in [0.2, 0.25) is 0 Å². The highest BCUT2D eigenvalue weighted by atomic mass is 16.2. The van der Waals surface area contributed by atoms with Gasteiger partial charge >= 0.3 is 0 Å². The summed E-state index contributed by atoms with van der Waals surface area (Å²) in [6.45, 7) is 3.59. The summed E-state index contributed by atoms with van der Waals surface area (Å²) in [6, 6.07) is 18.0. The Hall–Kier alpha value is -2.66. The van der Waals surface area contributed by atoms with E-state index in [0.29, 0.717) is 6.54 Å². The summed E-state index contributed by atoms with van der Waals surface area (Å²) in [5.74, 6) is 0.997. The molecule has 3 aromatic rings. The van der Waals surface area contributed by atoms with Crippen LogP contribution in [-0.4, -0.2) is 46.5 Å². The van der Waals surface area contributed by atoms with Crippen molar-refractivity contribution in [3.63, 3.8) is 0 Å². The number of nitrogens with one attached hydrogen (secondary N) is 1. The molecule has 4 rings (SSSR count). The van der Waals surface area contributed by atoms with Crippen LogP contribution in [0, 0.1) is 0 Å². The normalized spacial score (nSPS) is 14.9. The molecule has 24 heavy (non-hydrogen) atoms. The van der Waals surface area contributed by atoms with Crippen LogP contribution in [0.25, 0.3) is 22.4 Å². The highest BCUT2D eigenvalue weighted by molar-refractivity contribution is 5.84. The number of carbonyl (C=O) groups is 1. The highest BCUT2D eigenvalue weighted by Gasteiger charge is 2.20. The fourth-order valence-electron chi connectivity index (χ4n) is 3.19. The monoisotopic (exact) mass is 320 g/mol. The quantitative estimate of drug-likeness (QED) is 0.804. The Balaban J connectivity index is 1.74. The molecule has 0 radical (unpaired) electrons. The lowest BCUT2D eigenvalue weighted by Crippen LogP contribution is -2.47. The van der Waals surface area contributed by atoms with Crippen molar-refractivity contribution in [2.75, 3.05) is 26.2 Å². The lowest BCUT2D eigenvalue weighted by atomic mass is 10.2. The first kappa shape index (κ1) is 14.9. The molecule has 1 aliphatic rings. The minimum absolute atomic E-state index is 0.150. The van der Waals surface area contributed by atoms with Crippen molar-refractivity contribution < 1.29 is 4.79 Å². The van der Waals surface area contributed by atoms with Gasteiger partial charge in [0, 0.05) is 31.7 Å². The first-order valence-electron chi connectivity index (χ1n) is 8.32. The number of carbonyl (C=O) groups excluding carboxylic acids is 1. The Morgan fingerprint density at radius 2 is 1.71 bits per heavy atom. The van der Waals surface area contributed by atoms with Crippen molar-refractivity contribution in [2.45, 2.75) is 6.54 Å². The molecular formula is C19H20N4O. The molecule has 0 unspecified atom stereocenters. The minimum Gasteiger partial charge on any atom is -0.339 e. The van der Waals surface area contributed by atoms with E-state index in [4.69, 9.17) is 4.98 Å². The van der Waals surface area contributed by atoms with Gasteiger partial charge in [0.1, 0.15) is 12.4 Å². The Morgan fingerprint density at radius 3 is 2.50 bits per heavy atom. The van der Waals surface area contributed by atoms with Gasteiger partial charge in [0.05, 0.1) is 11.0 Å². The van der Waals surface area contributed by atoms with E-state index in [1.807, 2.05) is 64.1 Å². The largest absolute Gasteiger partial charge is 0.339 e. The van der Waals surface area contributed by atoms with Crippen molar-refractivity contribution in [1.82, 2.24) is 19.8 Å². The molecule has 5 nitrogen and oxygen atoms in total. The van der Waals surface area contributed by atoms with Crippen LogP contribution in [-0.2, 0) is 11.3 Å². The predicted octanol–water partition coefficient (Wildman–Crippen LogP) is 2.14. The molecular weight excluding hydrogens is 300 g/mol. The molecule has 1 aliphatic heterocycles. The van der Waals surface area contributed by atoms with Crippen molar-refractivity contribution in [3.8, 4) is 11.4 Å². The molecule has 122 valence electrons. The summed E-state index contributed by atoms with van der Waals surface area (Å²) in [4.78, 5) is 19.4. The zero-order valence-electron chi connectivity index (χ0n) is 13.5. The van der Waals surface area contributed by atoms with Crippen LogP contribution in [0.5, 0.6) is 0 Å². The zero-order valence-corrected chi connectivity index (χ0v) is 13.5. The van der Waals surface area contributed by atoms with Gasteiger partial charge in [-0.15, -0.1) is 0 Å². The third kappa shape index (κ3) is 2.78. The number of para-hydroxylation sites is 2. The number of aromatic nitrogens is 2. The molecule has 0 saturated carbocycles. The number of fused-ring (bicyclic) bond motifs is 1. The van der Waals surface area contributed by atoms with Crippen LogP contribution in [0.1, 0.15) is 0 Å². The number of hydrogen-bond donors (Lipinski definition) is 1. The van der Waals surface area contributed by atoms with Crippen LogP contribution >= 0.6 is 0 Å². The number of imidazole rings is 1. The third-order valence-electron chi connectivity index (χ3n) is 4.45. The van der Waals surface area contributed by atoms with Crippen LogP contribution < -0.4 is 5.32 Å². The minimum atomic E-state index is 0.150. The van der Waals surface area contributed by atoms with Crippen LogP contribution in [0.15, 0.2) is 54.6 Å². The molecule has 1 amide bonds. The van der Waals surface area contributed by atoms with Gasteiger partial charge in [0.25, 0.3) is 0 Å². The molecule has 0 aliphatic carbocycles. The predicted molar refractivity (Wildman–Crippen MR) is 94.6 cm³/mol. The summed E-state index contributed by atoms with van der Waals surface area (Å²) >= 11 is 0. The number of piperazine rings is 1. The molecule has 0 atom stereocenters. The van der Waals surface area contributed by atoms with Crippen molar-refractivity contribution in [3.05, 3.63) is 54.6 Å². The van der Waals surface area contributed by atoms with Gasteiger partial charge in [0.15, 0.2) is 0 Å². The van der Waals surface area contributed by atoms with Gasteiger partial charge in [-0.1, -0.05) is 42.5 Å². The Morgan fingerprint density at radius 1 is 1.00 bits per heavy atom. The average Bonchev–Trinajstić information content (AvgIpc) is 3.02. The lowest BCUT2D eigenvalue weighted by molar-refractivity contribution is -0.132. The van der Waals surface area contributed by atoms with Crippen molar-refractivity contribution in [1.29, 1.82) is 0 Å². The van der Waals surface area contributed by atoms with E-state index in [1.54, 1.807) is 0 Å². The molecule has 5 heteroatoms. The molecule has 2 aromatic carbocycles. The number of nitrogens with zero attached hydrogens (tertiary/aromatic N) is 3. The molecule has 1 fully saturated rings. The van der Waals surface area contributed by atoms with Crippen molar-refractivity contribution in [2.24, 2.45) is 0 Å². The molecule has 2 heterocycles. The first-order valence-corrected chi connectivity index (χ1v) is 8.32. The third-order valence-corrected chi connectivity index (χ3v) is 4.45. The fraction of sp³-hybridized carbons (Fsp3) is 0.263. The van der Waals surface area contributed by atoms with Crippen LogP contribution in [0.3, 0.4) is 0 Å². The van der Waals surface area contributed by atoms with Crippen LogP contribution in [0.4, 0.5) is 0 Å². The van der Waals surface area contributed by atoms with Crippen molar-refractivity contribution >= 4 is 16.9 Å². The van der Waals surface area contributed by atoms with Gasteiger partial charge in [-0.25, -0.2) is 4.98 Å². The molecule has 1 aromatic heterocycles. The van der Waals surface area contributed by atoms with E-state index < -0.39 is 0 Å². The Labute approximate surface area is 140 Å². The standard InChI is InChI=1S/C19H20N4O/c24-18(22-12-10-20-11-13-22)14-23-17-9-5-4-8-16(17)21-19(23)15-6-2-1-3-7-15/h1-9,20H,10-14H2. The first-order chi connectivity index (χ1) is 11.8. The van der Waals surface area contributed by atoms with E-state index in [0.717, 1.165) is 48.6 Å². The molecule has 1 saturated heterocycles. The fourth-order valence-corrected chi connectivity index (χ4v) is 3.19. The van der Waals surface area contributed by atoms with E-state index in [-0.39, 0.29) is 5.91 Å². The Bertz CT molecular complexity index is 850. The van der Waals surface area contributed by atoms with Gasteiger partial charge in [-0.3, -0.25) is 4.79 Å². The summed E-state index contributed by atoms with van der Waals surface area (Å²) < 4.78 is 2.04. The summed E-state index contributed by atoms with van der Waals surface area (Å²) in [6.07, 6.45) is 0. The van der Waals surface area contributed by atoms with Gasteiger partial charge in [-0.2, -0.15) is 0 Å². The second-order valence-electron chi connectivity index (χ2n) is 6.01. The van der Waals surface area contributed by atoms with E-state index in [9.17, 15) is 4.79 Å². The van der Waals surface area contributed by atoms with E-state index in [1.165, 1.54) is 0 Å². The number of benzene rings is 2. The molecule has 0 spiro atoms. The number of amides is 1. The van der Waals surface area contributed by atoms with Gasteiger partial charge in [0.2, 0.25) is 5.91 Å². The SMILES string of the molecule is O=C(Cn1c(-c2ccccc2)nc2ccccc21)N1CCNCC1. The number of rotatable bonds is 3. The lowest BCUT2D eigenvalue weighted by Gasteiger charge is -2.27. The maximum atomic E-state index is 12.7. The van der Waals surface area contributed by atoms with Gasteiger partial charge < -0.3 is 14.8 Å². The van der Waals surface area contributed by atoms with Gasteiger partial charge in [-0.05, 0) is 12.1 Å². The smallest absolute Gasteiger partial charge is 0.242 e. The summed E-state index contributed by atoms with van der Waals surface area (Å²) in [7, 11) is 0. The summed E-state index contributed by atoms with van der Waals surface area (Å²) in [5.41, 5.74) is 2.95. The zero-order chi connectivity index (χ0) is 16.4. The average molecular weight is 320 g/mol. The Kier molecular flexibility index (Phi) is 4.01. The van der Waals surface area contributed by atoms with E-state index >= 15 is 0 Å². The highest BCUT2D eigenvalue weighted by Crippen LogP contribution is 2.24. The maximum absolute atomic E-state index is 12.7.